The van der Waals surface area contributed by atoms with Gasteiger partial charge in [0, 0.05) is 18.5 Å². The van der Waals surface area contributed by atoms with Gasteiger partial charge in [-0.3, -0.25) is 14.4 Å². The molecule has 226 valence electrons. The first-order chi connectivity index (χ1) is 20.0. The number of aliphatic carboxylic acids is 3. The third-order valence-corrected chi connectivity index (χ3v) is 6.17. The molecule has 3 atom stereocenters. The predicted molar refractivity (Wildman–Crippen MR) is 147 cm³/mol. The number of carboxylic acids is 3. The van der Waals surface area contributed by atoms with Gasteiger partial charge in [0.15, 0.2) is 0 Å². The van der Waals surface area contributed by atoms with Gasteiger partial charge in [0.05, 0.1) is 5.92 Å². The summed E-state index contributed by atoms with van der Waals surface area (Å²) < 4.78 is 10.2. The van der Waals surface area contributed by atoms with E-state index in [-0.39, 0.29) is 26.0 Å². The van der Waals surface area contributed by atoms with Crippen molar-refractivity contribution in [3.8, 4) is 0 Å². The predicted octanol–water partition coefficient (Wildman–Crippen LogP) is 2.93. The highest BCUT2D eigenvalue weighted by atomic mass is 16.6. The van der Waals surface area contributed by atoms with Crippen LogP contribution in [0.5, 0.6) is 0 Å². The minimum absolute atomic E-state index is 0.108. The van der Waals surface area contributed by atoms with Gasteiger partial charge in [-0.25, -0.2) is 14.4 Å². The molecule has 0 saturated heterocycles. The van der Waals surface area contributed by atoms with Gasteiger partial charge in [0.25, 0.3) is 5.91 Å². The molecule has 0 unspecified atom stereocenters. The minimum Gasteiger partial charge on any atom is -0.481 e. The van der Waals surface area contributed by atoms with Crippen LogP contribution in [0.1, 0.15) is 66.4 Å². The van der Waals surface area contributed by atoms with E-state index in [1.807, 2.05) is 35.6 Å². The van der Waals surface area contributed by atoms with E-state index in [4.69, 9.17) is 19.7 Å². The SMILES string of the molecule is C[C@@H](C(=O)OCc1ccccc1)c1cccc(C(=O)NCCCC[C@H](OC(=O)N[C@@H](CCC(=O)O)C(=O)O)C(=O)O)c1. The monoisotopic (exact) mass is 586 g/mol. The third-order valence-electron chi connectivity index (χ3n) is 6.17. The maximum Gasteiger partial charge on any atom is 0.408 e. The number of carbonyl (C=O) groups excluding carboxylic acids is 3. The molecule has 42 heavy (non-hydrogen) atoms. The third kappa shape index (κ3) is 11.7. The van der Waals surface area contributed by atoms with Crippen LogP contribution in [-0.2, 0) is 35.3 Å². The van der Waals surface area contributed by atoms with Crippen molar-refractivity contribution in [2.45, 2.75) is 63.7 Å². The van der Waals surface area contributed by atoms with E-state index in [2.05, 4.69) is 5.32 Å². The molecule has 2 rings (SSSR count). The van der Waals surface area contributed by atoms with Crippen molar-refractivity contribution in [2.75, 3.05) is 6.54 Å². The highest BCUT2D eigenvalue weighted by molar-refractivity contribution is 5.94. The lowest BCUT2D eigenvalue weighted by atomic mass is 9.99. The van der Waals surface area contributed by atoms with Crippen molar-refractivity contribution in [2.24, 2.45) is 0 Å². The molecule has 0 aliphatic heterocycles. The number of esters is 1. The number of benzene rings is 2. The highest BCUT2D eigenvalue weighted by Gasteiger charge is 2.26. The fraction of sp³-hybridized carbons (Fsp3) is 0.379. The molecule has 2 aromatic rings. The van der Waals surface area contributed by atoms with Gasteiger partial charge in [-0.05, 0) is 55.9 Å². The van der Waals surface area contributed by atoms with Gasteiger partial charge in [-0.15, -0.1) is 0 Å². The minimum atomic E-state index is -1.57. The number of carboxylic acid groups (broad SMARTS) is 3. The number of hydrogen-bond donors (Lipinski definition) is 5. The lowest BCUT2D eigenvalue weighted by Crippen LogP contribution is -2.43. The maximum absolute atomic E-state index is 12.6. The van der Waals surface area contributed by atoms with Crippen molar-refractivity contribution in [3.63, 3.8) is 0 Å². The Bertz CT molecular complexity index is 1250. The Kier molecular flexibility index (Phi) is 13.5. The van der Waals surface area contributed by atoms with Crippen LogP contribution in [0.2, 0.25) is 0 Å². The average Bonchev–Trinajstić information content (AvgIpc) is 2.96. The second kappa shape index (κ2) is 17.0. The number of alkyl carbamates (subject to hydrolysis) is 1. The lowest BCUT2D eigenvalue weighted by molar-refractivity contribution is -0.147. The summed E-state index contributed by atoms with van der Waals surface area (Å²) in [5.74, 6) is -5.62. The molecule has 0 aliphatic carbocycles. The smallest absolute Gasteiger partial charge is 0.408 e. The van der Waals surface area contributed by atoms with Crippen LogP contribution < -0.4 is 10.6 Å². The Hall–Kier alpha value is -4.94. The molecule has 0 fully saturated rings. The van der Waals surface area contributed by atoms with Gasteiger partial charge in [-0.1, -0.05) is 42.5 Å². The molecule has 13 nitrogen and oxygen atoms in total. The van der Waals surface area contributed by atoms with E-state index < -0.39 is 66.8 Å². The highest BCUT2D eigenvalue weighted by Crippen LogP contribution is 2.19. The zero-order valence-corrected chi connectivity index (χ0v) is 23.0. The van der Waals surface area contributed by atoms with Crippen LogP contribution in [0.15, 0.2) is 54.6 Å². The van der Waals surface area contributed by atoms with E-state index in [9.17, 15) is 33.9 Å². The first-order valence-electron chi connectivity index (χ1n) is 13.2. The fourth-order valence-electron chi connectivity index (χ4n) is 3.76. The van der Waals surface area contributed by atoms with Crippen molar-refractivity contribution in [1.82, 2.24) is 10.6 Å². The molecular weight excluding hydrogens is 552 g/mol. The van der Waals surface area contributed by atoms with Crippen molar-refractivity contribution in [1.29, 1.82) is 0 Å². The molecule has 0 aliphatic rings. The summed E-state index contributed by atoms with van der Waals surface area (Å²) in [6, 6.07) is 14.3. The molecule has 5 N–H and O–H groups in total. The Balaban J connectivity index is 1.79. The van der Waals surface area contributed by atoms with Crippen LogP contribution in [0.3, 0.4) is 0 Å². The number of hydrogen-bond acceptors (Lipinski definition) is 8. The number of amides is 2. The topological polar surface area (TPSA) is 206 Å². The van der Waals surface area contributed by atoms with E-state index in [1.165, 1.54) is 0 Å². The first-order valence-corrected chi connectivity index (χ1v) is 13.2. The molecule has 13 heteroatoms. The van der Waals surface area contributed by atoms with E-state index >= 15 is 0 Å². The molecule has 0 bridgehead atoms. The normalized spacial score (nSPS) is 12.7. The summed E-state index contributed by atoms with van der Waals surface area (Å²) in [6.07, 6.45) is -3.31. The summed E-state index contributed by atoms with van der Waals surface area (Å²) in [5.41, 5.74) is 1.79. The maximum atomic E-state index is 12.6. The van der Waals surface area contributed by atoms with Gasteiger partial charge >= 0.3 is 30.0 Å². The van der Waals surface area contributed by atoms with Crippen LogP contribution in [0, 0.1) is 0 Å². The Morgan fingerprint density at radius 2 is 1.57 bits per heavy atom. The van der Waals surface area contributed by atoms with E-state index in [0.29, 0.717) is 17.5 Å². The van der Waals surface area contributed by atoms with Crippen LogP contribution >= 0.6 is 0 Å². The number of rotatable bonds is 17. The molecule has 0 heterocycles. The van der Waals surface area contributed by atoms with Gasteiger partial charge in [0.1, 0.15) is 12.6 Å². The molecule has 2 amide bonds. The summed E-state index contributed by atoms with van der Waals surface area (Å²) in [5, 5.41) is 31.8. The van der Waals surface area contributed by atoms with Gasteiger partial charge in [-0.2, -0.15) is 0 Å². The fourth-order valence-corrected chi connectivity index (χ4v) is 3.76. The number of unbranched alkanes of at least 4 members (excludes halogenated alkanes) is 1. The van der Waals surface area contributed by atoms with E-state index in [1.54, 1.807) is 31.2 Å². The van der Waals surface area contributed by atoms with Crippen LogP contribution in [0.25, 0.3) is 0 Å². The summed E-state index contributed by atoms with van der Waals surface area (Å²) >= 11 is 0. The zero-order valence-electron chi connectivity index (χ0n) is 23.0. The molecular formula is C29H34N2O11. The average molecular weight is 587 g/mol. The summed E-state index contributed by atoms with van der Waals surface area (Å²) in [4.78, 5) is 70.4. The standard InChI is InChI=1S/C29H34N2O11/c1-18(28(39)41-17-19-8-3-2-4-9-19)20-10-7-11-21(16-20)25(34)30-15-6-5-12-23(27(37)38)42-29(40)31-22(26(35)36)13-14-24(32)33/h2-4,7-11,16,18,22-23H,5-6,12-15,17H2,1H3,(H,30,34)(H,31,40)(H,32,33)(H,35,36)(H,37,38)/t18-,22+,23+/m1/s1. The Morgan fingerprint density at radius 1 is 0.857 bits per heavy atom. The number of ether oxygens (including phenoxy) is 2. The number of carbonyl (C=O) groups is 6. The van der Waals surface area contributed by atoms with Crippen LogP contribution in [-0.4, -0.2) is 69.9 Å². The molecule has 0 radical (unpaired) electrons. The number of nitrogens with one attached hydrogen (secondary N) is 2. The summed E-state index contributed by atoms with van der Waals surface area (Å²) in [6.45, 7) is 2.01. The molecule has 0 aromatic heterocycles. The summed E-state index contributed by atoms with van der Waals surface area (Å²) in [7, 11) is 0. The molecule has 0 spiro atoms. The van der Waals surface area contributed by atoms with Gasteiger partial charge < -0.3 is 35.4 Å². The molecule has 2 aromatic carbocycles. The van der Waals surface area contributed by atoms with E-state index in [0.717, 1.165) is 5.56 Å². The Labute approximate surface area is 241 Å². The molecule has 0 saturated carbocycles. The zero-order chi connectivity index (χ0) is 31.1. The lowest BCUT2D eigenvalue weighted by Gasteiger charge is -2.17. The van der Waals surface area contributed by atoms with Crippen LogP contribution in [0.4, 0.5) is 4.79 Å². The van der Waals surface area contributed by atoms with Gasteiger partial charge in [0.2, 0.25) is 6.10 Å². The van der Waals surface area contributed by atoms with Crippen molar-refractivity contribution >= 4 is 35.9 Å². The first kappa shape index (κ1) is 33.3. The quantitative estimate of drug-likeness (QED) is 0.135. The Morgan fingerprint density at radius 3 is 2.21 bits per heavy atom. The second-order valence-electron chi connectivity index (χ2n) is 9.39. The second-order valence-corrected chi connectivity index (χ2v) is 9.39. The van der Waals surface area contributed by atoms with Crippen molar-refractivity contribution in [3.05, 3.63) is 71.3 Å². The van der Waals surface area contributed by atoms with Crippen molar-refractivity contribution < 1.29 is 53.6 Å². The largest absolute Gasteiger partial charge is 0.481 e.